The van der Waals surface area contributed by atoms with Crippen molar-refractivity contribution in [2.75, 3.05) is 6.54 Å². The third-order valence-corrected chi connectivity index (χ3v) is 3.48. The standard InChI is InChI=1S/C16H11F4NO2/c17-9-1-2-13(19)12(5-9)16(22)21-7-11-4-8-3-10(18)6-14(20)15(8)23-11/h1-3,5-6,11H,4,7H2,(H,21,22)/t11-/m1/s1. The van der Waals surface area contributed by atoms with Crippen molar-refractivity contribution < 1.29 is 27.1 Å². The maximum Gasteiger partial charge on any atom is 0.254 e. The molecule has 0 unspecified atom stereocenters. The molecule has 3 nitrogen and oxygen atoms in total. The van der Waals surface area contributed by atoms with Gasteiger partial charge in [0.05, 0.1) is 12.1 Å². The van der Waals surface area contributed by atoms with E-state index in [1.807, 2.05) is 0 Å². The number of hydrogen-bond donors (Lipinski definition) is 1. The SMILES string of the molecule is O=C(NC[C@H]1Cc2cc(F)cc(F)c2O1)c1cc(F)ccc1F. The van der Waals surface area contributed by atoms with Gasteiger partial charge >= 0.3 is 0 Å². The minimum absolute atomic E-state index is 0.0511. The van der Waals surface area contributed by atoms with Crippen LogP contribution in [0.1, 0.15) is 15.9 Å². The van der Waals surface area contributed by atoms with Crippen molar-refractivity contribution in [1.82, 2.24) is 5.32 Å². The number of carbonyl (C=O) groups excluding carboxylic acids is 1. The number of fused-ring (bicyclic) bond motifs is 1. The van der Waals surface area contributed by atoms with E-state index in [4.69, 9.17) is 4.74 Å². The van der Waals surface area contributed by atoms with Crippen LogP contribution in [-0.4, -0.2) is 18.6 Å². The van der Waals surface area contributed by atoms with Gasteiger partial charge in [0.15, 0.2) is 11.6 Å². The second kappa shape index (κ2) is 5.91. The molecule has 1 aliphatic rings. The zero-order valence-electron chi connectivity index (χ0n) is 11.7. The van der Waals surface area contributed by atoms with Crippen LogP contribution in [0.4, 0.5) is 17.6 Å². The van der Waals surface area contributed by atoms with Gasteiger partial charge in [0.1, 0.15) is 23.6 Å². The summed E-state index contributed by atoms with van der Waals surface area (Å²) < 4.78 is 58.5. The lowest BCUT2D eigenvalue weighted by atomic mass is 10.1. The highest BCUT2D eigenvalue weighted by molar-refractivity contribution is 5.94. The number of hydrogen-bond acceptors (Lipinski definition) is 2. The van der Waals surface area contributed by atoms with Crippen LogP contribution >= 0.6 is 0 Å². The molecular formula is C16H11F4NO2. The predicted octanol–water partition coefficient (Wildman–Crippen LogP) is 2.98. The van der Waals surface area contributed by atoms with Gasteiger partial charge in [0.25, 0.3) is 5.91 Å². The van der Waals surface area contributed by atoms with Gasteiger partial charge < -0.3 is 10.1 Å². The van der Waals surface area contributed by atoms with E-state index in [1.54, 1.807) is 0 Å². The van der Waals surface area contributed by atoms with E-state index in [0.717, 1.165) is 24.3 Å². The summed E-state index contributed by atoms with van der Waals surface area (Å²) in [7, 11) is 0. The first-order valence-corrected chi connectivity index (χ1v) is 6.82. The van der Waals surface area contributed by atoms with Crippen molar-refractivity contribution in [3.05, 3.63) is 64.7 Å². The topological polar surface area (TPSA) is 38.3 Å². The van der Waals surface area contributed by atoms with Crippen LogP contribution in [0.2, 0.25) is 0 Å². The molecule has 1 amide bonds. The number of amides is 1. The van der Waals surface area contributed by atoms with Crippen LogP contribution in [0.5, 0.6) is 5.75 Å². The zero-order chi connectivity index (χ0) is 16.6. The minimum atomic E-state index is -0.854. The Kier molecular flexibility index (Phi) is 3.94. The quantitative estimate of drug-likeness (QED) is 0.881. The Morgan fingerprint density at radius 3 is 2.65 bits per heavy atom. The van der Waals surface area contributed by atoms with Crippen LogP contribution in [0.3, 0.4) is 0 Å². The van der Waals surface area contributed by atoms with Gasteiger partial charge in [-0.2, -0.15) is 0 Å². The van der Waals surface area contributed by atoms with Crippen molar-refractivity contribution in [2.24, 2.45) is 0 Å². The third kappa shape index (κ3) is 3.13. The van der Waals surface area contributed by atoms with E-state index in [0.29, 0.717) is 11.6 Å². The number of ether oxygens (including phenoxy) is 1. The fraction of sp³-hybridized carbons (Fsp3) is 0.188. The molecule has 1 N–H and O–H groups in total. The predicted molar refractivity (Wildman–Crippen MR) is 73.2 cm³/mol. The van der Waals surface area contributed by atoms with Crippen LogP contribution in [0.25, 0.3) is 0 Å². The van der Waals surface area contributed by atoms with E-state index in [9.17, 15) is 22.4 Å². The Labute approximate surface area is 128 Å². The van der Waals surface area contributed by atoms with Gasteiger partial charge in [-0.3, -0.25) is 4.79 Å². The van der Waals surface area contributed by atoms with Crippen molar-refractivity contribution in [1.29, 1.82) is 0 Å². The first kappa shape index (κ1) is 15.3. The number of nitrogens with one attached hydrogen (secondary N) is 1. The minimum Gasteiger partial charge on any atom is -0.485 e. The molecule has 1 atom stereocenters. The number of halogens is 4. The normalized spacial score (nSPS) is 15.9. The third-order valence-electron chi connectivity index (χ3n) is 3.48. The first-order valence-electron chi connectivity index (χ1n) is 6.82. The molecule has 1 heterocycles. The highest BCUT2D eigenvalue weighted by Crippen LogP contribution is 2.32. The molecule has 120 valence electrons. The number of rotatable bonds is 3. The molecule has 0 aromatic heterocycles. The molecule has 0 radical (unpaired) electrons. The second-order valence-electron chi connectivity index (χ2n) is 5.15. The van der Waals surface area contributed by atoms with Crippen molar-refractivity contribution in [3.8, 4) is 5.75 Å². The fourth-order valence-corrected chi connectivity index (χ4v) is 2.44. The van der Waals surface area contributed by atoms with E-state index < -0.39 is 40.8 Å². The second-order valence-corrected chi connectivity index (χ2v) is 5.15. The van der Waals surface area contributed by atoms with Crippen LogP contribution in [0.15, 0.2) is 30.3 Å². The van der Waals surface area contributed by atoms with E-state index in [2.05, 4.69) is 5.32 Å². The summed E-state index contributed by atoms with van der Waals surface area (Å²) in [5, 5.41) is 2.39. The highest BCUT2D eigenvalue weighted by atomic mass is 19.1. The smallest absolute Gasteiger partial charge is 0.254 e. The lowest BCUT2D eigenvalue weighted by molar-refractivity contribution is 0.0928. The fourth-order valence-electron chi connectivity index (χ4n) is 2.44. The average Bonchev–Trinajstić information content (AvgIpc) is 2.90. The maximum atomic E-state index is 13.5. The van der Waals surface area contributed by atoms with Gasteiger partial charge in [0.2, 0.25) is 0 Å². The summed E-state index contributed by atoms with van der Waals surface area (Å²) in [6, 6.07) is 4.41. The molecule has 2 aromatic rings. The summed E-state index contributed by atoms with van der Waals surface area (Å²) in [5.41, 5.74) is -0.0728. The lowest BCUT2D eigenvalue weighted by Gasteiger charge is -2.12. The van der Waals surface area contributed by atoms with Crippen LogP contribution in [0, 0.1) is 23.3 Å². The van der Waals surface area contributed by atoms with Crippen molar-refractivity contribution >= 4 is 5.91 Å². The molecule has 0 aliphatic carbocycles. The monoisotopic (exact) mass is 325 g/mol. The van der Waals surface area contributed by atoms with Crippen molar-refractivity contribution in [3.63, 3.8) is 0 Å². The first-order chi connectivity index (χ1) is 10.9. The molecule has 7 heteroatoms. The molecule has 2 aromatic carbocycles. The van der Waals surface area contributed by atoms with E-state index >= 15 is 0 Å². The van der Waals surface area contributed by atoms with E-state index in [1.165, 1.54) is 0 Å². The van der Waals surface area contributed by atoms with Gasteiger partial charge in [-0.15, -0.1) is 0 Å². The zero-order valence-corrected chi connectivity index (χ0v) is 11.7. The summed E-state index contributed by atoms with van der Waals surface area (Å²) >= 11 is 0. The van der Waals surface area contributed by atoms with Gasteiger partial charge in [-0.1, -0.05) is 0 Å². The Morgan fingerprint density at radius 1 is 1.09 bits per heavy atom. The number of carbonyl (C=O) groups is 1. The lowest BCUT2D eigenvalue weighted by Crippen LogP contribution is -2.35. The molecule has 23 heavy (non-hydrogen) atoms. The summed E-state index contributed by atoms with van der Waals surface area (Å²) in [4.78, 5) is 11.9. The van der Waals surface area contributed by atoms with Crippen LogP contribution in [-0.2, 0) is 6.42 Å². The van der Waals surface area contributed by atoms with Crippen molar-refractivity contribution in [2.45, 2.75) is 12.5 Å². The van der Waals surface area contributed by atoms with E-state index in [-0.39, 0.29) is 18.7 Å². The Balaban J connectivity index is 1.65. The molecule has 0 spiro atoms. The Morgan fingerprint density at radius 2 is 1.87 bits per heavy atom. The maximum absolute atomic E-state index is 13.5. The summed E-state index contributed by atoms with van der Waals surface area (Å²) in [5.74, 6) is -3.98. The molecule has 0 fully saturated rings. The largest absolute Gasteiger partial charge is 0.485 e. The number of benzene rings is 2. The summed E-state index contributed by atoms with van der Waals surface area (Å²) in [6.07, 6.45) is -0.405. The molecule has 3 rings (SSSR count). The average molecular weight is 325 g/mol. The Bertz CT molecular complexity index is 779. The molecule has 0 saturated carbocycles. The molecule has 0 saturated heterocycles. The molecular weight excluding hydrogens is 314 g/mol. The molecule has 1 aliphatic heterocycles. The van der Waals surface area contributed by atoms with Gasteiger partial charge in [0, 0.05) is 18.1 Å². The Hall–Kier alpha value is -2.57. The summed E-state index contributed by atoms with van der Waals surface area (Å²) in [6.45, 7) is -0.0511. The molecule has 0 bridgehead atoms. The highest BCUT2D eigenvalue weighted by Gasteiger charge is 2.27. The van der Waals surface area contributed by atoms with Gasteiger partial charge in [-0.05, 0) is 24.3 Å². The van der Waals surface area contributed by atoms with Gasteiger partial charge in [-0.25, -0.2) is 17.6 Å². The van der Waals surface area contributed by atoms with Crippen LogP contribution < -0.4 is 10.1 Å².